The second kappa shape index (κ2) is 7.11. The van der Waals surface area contributed by atoms with Crippen LogP contribution >= 0.6 is 27.3 Å². The lowest BCUT2D eigenvalue weighted by Gasteiger charge is -2.36. The Bertz CT molecular complexity index is 697. The Morgan fingerprint density at radius 2 is 1.96 bits per heavy atom. The molecule has 1 fully saturated rings. The summed E-state index contributed by atoms with van der Waals surface area (Å²) in [4.78, 5) is 14.4. The third-order valence-electron chi connectivity index (χ3n) is 4.31. The molecular formula is C17H17BrFNO2S. The van der Waals surface area contributed by atoms with Crippen molar-refractivity contribution in [3.63, 3.8) is 0 Å². The molecular weight excluding hydrogens is 381 g/mol. The Labute approximate surface area is 146 Å². The van der Waals surface area contributed by atoms with Gasteiger partial charge in [-0.3, -0.25) is 9.69 Å². The Balaban J connectivity index is 1.91. The molecule has 2 heterocycles. The zero-order valence-electron chi connectivity index (χ0n) is 12.4. The van der Waals surface area contributed by atoms with Crippen LogP contribution in [0.3, 0.4) is 0 Å². The third-order valence-corrected chi connectivity index (χ3v) is 5.98. The van der Waals surface area contributed by atoms with Gasteiger partial charge in [-0.25, -0.2) is 4.39 Å². The van der Waals surface area contributed by atoms with Crippen molar-refractivity contribution in [1.82, 2.24) is 4.90 Å². The van der Waals surface area contributed by atoms with Gasteiger partial charge in [0.15, 0.2) is 0 Å². The average Bonchev–Trinajstić information content (AvgIpc) is 2.96. The third kappa shape index (κ3) is 3.65. The summed E-state index contributed by atoms with van der Waals surface area (Å²) in [5.74, 6) is -1.24. The maximum atomic E-state index is 14.4. The number of hydrogen-bond donors (Lipinski definition) is 1. The summed E-state index contributed by atoms with van der Waals surface area (Å²) < 4.78 is 15.4. The fraction of sp³-hybridized carbons (Fsp3) is 0.353. The molecule has 0 spiro atoms. The van der Waals surface area contributed by atoms with Crippen LogP contribution < -0.4 is 0 Å². The van der Waals surface area contributed by atoms with Crippen molar-refractivity contribution in [2.24, 2.45) is 5.92 Å². The van der Waals surface area contributed by atoms with Gasteiger partial charge in [-0.15, -0.1) is 11.3 Å². The highest BCUT2D eigenvalue weighted by Gasteiger charge is 2.31. The minimum Gasteiger partial charge on any atom is -0.481 e. The normalized spacial score (nSPS) is 18.0. The van der Waals surface area contributed by atoms with E-state index in [0.29, 0.717) is 31.5 Å². The zero-order valence-corrected chi connectivity index (χ0v) is 14.8. The second-order valence-electron chi connectivity index (χ2n) is 5.71. The van der Waals surface area contributed by atoms with E-state index < -0.39 is 5.97 Å². The number of carbonyl (C=O) groups is 1. The first-order chi connectivity index (χ1) is 11.1. The molecule has 1 unspecified atom stereocenters. The maximum Gasteiger partial charge on any atom is 0.306 e. The SMILES string of the molecule is O=C(O)C1CCN(C(c2ccc(Br)s2)c2ccccc2F)CC1. The quantitative estimate of drug-likeness (QED) is 0.823. The molecule has 0 aliphatic carbocycles. The van der Waals surface area contributed by atoms with Gasteiger partial charge in [0.2, 0.25) is 0 Å². The van der Waals surface area contributed by atoms with Gasteiger partial charge < -0.3 is 5.11 Å². The first-order valence-electron chi connectivity index (χ1n) is 7.53. The highest BCUT2D eigenvalue weighted by atomic mass is 79.9. The summed E-state index contributed by atoms with van der Waals surface area (Å²) in [7, 11) is 0. The summed E-state index contributed by atoms with van der Waals surface area (Å²) in [6.07, 6.45) is 1.21. The van der Waals surface area contributed by atoms with Crippen LogP contribution in [0.4, 0.5) is 4.39 Å². The zero-order chi connectivity index (χ0) is 16.4. The molecule has 0 radical (unpaired) electrons. The number of hydrogen-bond acceptors (Lipinski definition) is 3. The molecule has 1 aromatic heterocycles. The van der Waals surface area contributed by atoms with Crippen LogP contribution in [0, 0.1) is 11.7 Å². The largest absolute Gasteiger partial charge is 0.481 e. The van der Waals surface area contributed by atoms with Gasteiger partial charge in [-0.2, -0.15) is 0 Å². The lowest BCUT2D eigenvalue weighted by atomic mass is 9.93. The van der Waals surface area contributed by atoms with Crippen LogP contribution in [0.25, 0.3) is 0 Å². The predicted octanol–water partition coefficient (Wildman–Crippen LogP) is 4.54. The molecule has 1 atom stereocenters. The van der Waals surface area contributed by atoms with Crippen LogP contribution in [-0.4, -0.2) is 29.1 Å². The fourth-order valence-corrected chi connectivity index (χ4v) is 4.68. The van der Waals surface area contributed by atoms with E-state index in [1.165, 1.54) is 6.07 Å². The summed E-state index contributed by atoms with van der Waals surface area (Å²) in [5, 5.41) is 9.16. The molecule has 6 heteroatoms. The van der Waals surface area contributed by atoms with Gasteiger partial charge in [0.25, 0.3) is 0 Å². The summed E-state index contributed by atoms with van der Waals surface area (Å²) in [6.45, 7) is 1.32. The van der Waals surface area contributed by atoms with E-state index in [1.807, 2.05) is 24.3 Å². The van der Waals surface area contributed by atoms with E-state index in [2.05, 4.69) is 20.8 Å². The number of halogens is 2. The average molecular weight is 398 g/mol. The smallest absolute Gasteiger partial charge is 0.306 e. The molecule has 23 heavy (non-hydrogen) atoms. The van der Waals surface area contributed by atoms with Gasteiger partial charge in [-0.05, 0) is 60.1 Å². The molecule has 3 rings (SSSR count). The van der Waals surface area contributed by atoms with E-state index >= 15 is 0 Å². The number of nitrogens with zero attached hydrogens (tertiary/aromatic N) is 1. The van der Waals surface area contributed by atoms with Crippen molar-refractivity contribution in [1.29, 1.82) is 0 Å². The first-order valence-corrected chi connectivity index (χ1v) is 9.13. The van der Waals surface area contributed by atoms with Crippen molar-refractivity contribution < 1.29 is 14.3 Å². The standard InChI is InChI=1S/C17H17BrFNO2S/c18-15-6-5-14(23-15)16(12-3-1-2-4-13(12)19)20-9-7-11(8-10-20)17(21)22/h1-6,11,16H,7-10H2,(H,21,22). The van der Waals surface area contributed by atoms with Gasteiger partial charge in [0.05, 0.1) is 15.7 Å². The number of likely N-dealkylation sites (tertiary alicyclic amines) is 1. The van der Waals surface area contributed by atoms with Crippen LogP contribution in [-0.2, 0) is 4.79 Å². The number of benzene rings is 1. The van der Waals surface area contributed by atoms with Gasteiger partial charge in [0.1, 0.15) is 5.82 Å². The first kappa shape index (κ1) is 16.6. The number of carboxylic acids is 1. The number of thiophene rings is 1. The Morgan fingerprint density at radius 1 is 1.26 bits per heavy atom. The Kier molecular flexibility index (Phi) is 5.14. The van der Waals surface area contributed by atoms with Crippen molar-refractivity contribution in [3.05, 3.63) is 56.4 Å². The monoisotopic (exact) mass is 397 g/mol. The fourth-order valence-electron chi connectivity index (χ4n) is 3.11. The topological polar surface area (TPSA) is 40.5 Å². The number of aliphatic carboxylic acids is 1. The molecule has 1 aromatic carbocycles. The Morgan fingerprint density at radius 3 is 2.52 bits per heavy atom. The van der Waals surface area contributed by atoms with E-state index in [1.54, 1.807) is 17.4 Å². The van der Waals surface area contributed by atoms with Crippen LogP contribution in [0.1, 0.15) is 29.3 Å². The van der Waals surface area contributed by atoms with Crippen molar-refractivity contribution >= 4 is 33.2 Å². The molecule has 0 bridgehead atoms. The summed E-state index contributed by atoms with van der Waals surface area (Å²) in [6, 6.07) is 10.6. The lowest BCUT2D eigenvalue weighted by Crippen LogP contribution is -2.39. The van der Waals surface area contributed by atoms with Gasteiger partial charge in [0, 0.05) is 10.4 Å². The van der Waals surface area contributed by atoms with Crippen molar-refractivity contribution in [3.8, 4) is 0 Å². The minimum absolute atomic E-state index is 0.165. The molecule has 122 valence electrons. The van der Waals surface area contributed by atoms with E-state index in [-0.39, 0.29) is 17.8 Å². The Hall–Kier alpha value is -1.24. The van der Waals surface area contributed by atoms with Crippen LogP contribution in [0.15, 0.2) is 40.2 Å². The molecule has 1 aliphatic rings. The highest BCUT2D eigenvalue weighted by Crippen LogP contribution is 2.38. The molecule has 1 saturated heterocycles. The number of rotatable bonds is 4. The molecule has 0 amide bonds. The van der Waals surface area contributed by atoms with Crippen molar-refractivity contribution in [2.45, 2.75) is 18.9 Å². The molecule has 2 aromatic rings. The number of carboxylic acid groups (broad SMARTS) is 1. The van der Waals surface area contributed by atoms with Crippen LogP contribution in [0.2, 0.25) is 0 Å². The lowest BCUT2D eigenvalue weighted by molar-refractivity contribution is -0.143. The molecule has 1 N–H and O–H groups in total. The highest BCUT2D eigenvalue weighted by molar-refractivity contribution is 9.11. The van der Waals surface area contributed by atoms with Gasteiger partial charge >= 0.3 is 5.97 Å². The minimum atomic E-state index is -0.731. The summed E-state index contributed by atoms with van der Waals surface area (Å²) in [5.41, 5.74) is 0.649. The van der Waals surface area contributed by atoms with E-state index in [4.69, 9.17) is 5.11 Å². The predicted molar refractivity (Wildman–Crippen MR) is 92.2 cm³/mol. The number of piperidine rings is 1. The van der Waals surface area contributed by atoms with Gasteiger partial charge in [-0.1, -0.05) is 18.2 Å². The van der Waals surface area contributed by atoms with Crippen LogP contribution in [0.5, 0.6) is 0 Å². The maximum absolute atomic E-state index is 14.4. The molecule has 1 aliphatic heterocycles. The van der Waals surface area contributed by atoms with E-state index in [0.717, 1.165) is 8.66 Å². The molecule has 3 nitrogen and oxygen atoms in total. The van der Waals surface area contributed by atoms with Crippen molar-refractivity contribution in [2.75, 3.05) is 13.1 Å². The molecule has 0 saturated carbocycles. The van der Waals surface area contributed by atoms with E-state index in [9.17, 15) is 9.18 Å². The summed E-state index contributed by atoms with van der Waals surface area (Å²) >= 11 is 5.06. The second-order valence-corrected chi connectivity index (χ2v) is 8.21.